The average molecular weight is 450 g/mol. The van der Waals surface area contributed by atoms with E-state index in [0.717, 1.165) is 5.56 Å². The molecule has 2 N–H and O–H groups in total. The van der Waals surface area contributed by atoms with Crippen LogP contribution in [0.4, 0.5) is 0 Å². The topological polar surface area (TPSA) is 104 Å². The number of nitriles is 1. The number of amides is 2. The first-order valence-corrected chi connectivity index (χ1v) is 10.7. The fourth-order valence-corrected chi connectivity index (χ4v) is 3.60. The van der Waals surface area contributed by atoms with Gasteiger partial charge < -0.3 is 15.4 Å². The standard InChI is InChI=1S/C27H22N4O3/c1-34-20-13-11-19(12-14-20)26(32)31-25-22-10-6-5-9-21(22)24(30-25)23(17-28)27(33)29-16-15-18-7-3-2-4-8-18/h2-14H,15-16H2,1H3,(H,29,33)(H,30,31,32)/b24-23+. The van der Waals surface area contributed by atoms with E-state index in [1.807, 2.05) is 42.5 Å². The molecule has 1 aliphatic rings. The largest absolute Gasteiger partial charge is 0.497 e. The van der Waals surface area contributed by atoms with E-state index < -0.39 is 5.91 Å². The Morgan fingerprint density at radius 2 is 1.62 bits per heavy atom. The van der Waals surface area contributed by atoms with Gasteiger partial charge in [-0.05, 0) is 36.2 Å². The number of nitrogens with zero attached hydrogens (tertiary/aromatic N) is 2. The number of rotatable bonds is 6. The molecule has 1 aliphatic heterocycles. The molecular formula is C27H22N4O3. The fourth-order valence-electron chi connectivity index (χ4n) is 3.60. The van der Waals surface area contributed by atoms with Crippen molar-refractivity contribution in [3.05, 3.63) is 107 Å². The molecule has 0 fully saturated rings. The van der Waals surface area contributed by atoms with E-state index in [1.54, 1.807) is 49.6 Å². The van der Waals surface area contributed by atoms with Gasteiger partial charge in [0, 0.05) is 23.2 Å². The van der Waals surface area contributed by atoms with Crippen LogP contribution in [0.1, 0.15) is 27.0 Å². The number of nitrogens with one attached hydrogen (secondary N) is 2. The fraction of sp³-hybridized carbons (Fsp3) is 0.111. The number of hydrogen-bond donors (Lipinski definition) is 2. The molecular weight excluding hydrogens is 428 g/mol. The van der Waals surface area contributed by atoms with Gasteiger partial charge in [0.05, 0.1) is 12.8 Å². The summed E-state index contributed by atoms with van der Waals surface area (Å²) in [5.74, 6) is 0.0662. The summed E-state index contributed by atoms with van der Waals surface area (Å²) in [6.45, 7) is 0.383. The first kappa shape index (κ1) is 22.5. The van der Waals surface area contributed by atoms with Crippen LogP contribution in [0.15, 0.2) is 89.4 Å². The van der Waals surface area contributed by atoms with Crippen molar-refractivity contribution in [1.29, 1.82) is 5.26 Å². The molecule has 3 aromatic carbocycles. The molecule has 0 saturated carbocycles. The predicted molar refractivity (Wildman–Crippen MR) is 129 cm³/mol. The number of carbonyl (C=O) groups is 2. The molecule has 2 amide bonds. The number of methoxy groups -OCH3 is 1. The first-order valence-electron chi connectivity index (χ1n) is 10.7. The molecule has 0 aromatic heterocycles. The number of fused-ring (bicyclic) bond motifs is 1. The van der Waals surface area contributed by atoms with Crippen molar-refractivity contribution in [1.82, 2.24) is 10.6 Å². The van der Waals surface area contributed by atoms with Crippen LogP contribution in [0.2, 0.25) is 0 Å². The van der Waals surface area contributed by atoms with E-state index in [9.17, 15) is 14.9 Å². The zero-order chi connectivity index (χ0) is 23.9. The van der Waals surface area contributed by atoms with Crippen molar-refractivity contribution < 1.29 is 14.3 Å². The Kier molecular flexibility index (Phi) is 6.80. The van der Waals surface area contributed by atoms with Gasteiger partial charge in [-0.2, -0.15) is 5.26 Å². The minimum Gasteiger partial charge on any atom is -0.497 e. The number of amidine groups is 1. The molecule has 0 atom stereocenters. The lowest BCUT2D eigenvalue weighted by Crippen LogP contribution is -2.30. The van der Waals surface area contributed by atoms with E-state index in [2.05, 4.69) is 15.6 Å². The quantitative estimate of drug-likeness (QED) is 0.443. The van der Waals surface area contributed by atoms with Crippen molar-refractivity contribution in [3.63, 3.8) is 0 Å². The van der Waals surface area contributed by atoms with E-state index >= 15 is 0 Å². The zero-order valence-corrected chi connectivity index (χ0v) is 18.5. The van der Waals surface area contributed by atoms with Crippen LogP contribution in [0.5, 0.6) is 5.75 Å². The number of benzene rings is 3. The third-order valence-electron chi connectivity index (χ3n) is 5.36. The van der Waals surface area contributed by atoms with E-state index in [4.69, 9.17) is 4.74 Å². The van der Waals surface area contributed by atoms with Gasteiger partial charge in [0.15, 0.2) is 0 Å². The smallest absolute Gasteiger partial charge is 0.264 e. The molecule has 4 rings (SSSR count). The summed E-state index contributed by atoms with van der Waals surface area (Å²) >= 11 is 0. The van der Waals surface area contributed by atoms with Crippen molar-refractivity contribution in [2.24, 2.45) is 4.99 Å². The summed E-state index contributed by atoms with van der Waals surface area (Å²) in [6.07, 6.45) is 0.643. The molecule has 0 radical (unpaired) electrons. The van der Waals surface area contributed by atoms with Gasteiger partial charge in [0.25, 0.3) is 11.8 Å². The second-order valence-corrected chi connectivity index (χ2v) is 7.52. The molecule has 0 bridgehead atoms. The molecule has 34 heavy (non-hydrogen) atoms. The van der Waals surface area contributed by atoms with Crippen LogP contribution in [-0.2, 0) is 11.2 Å². The lowest BCUT2D eigenvalue weighted by Gasteiger charge is -2.07. The van der Waals surface area contributed by atoms with E-state index in [-0.39, 0.29) is 23.0 Å². The van der Waals surface area contributed by atoms with Crippen LogP contribution in [0.3, 0.4) is 0 Å². The van der Waals surface area contributed by atoms with Gasteiger partial charge in [-0.3, -0.25) is 9.59 Å². The third-order valence-corrected chi connectivity index (χ3v) is 5.36. The summed E-state index contributed by atoms with van der Waals surface area (Å²) in [6, 6.07) is 25.6. The molecule has 0 saturated heterocycles. The zero-order valence-electron chi connectivity index (χ0n) is 18.5. The van der Waals surface area contributed by atoms with E-state index in [1.165, 1.54) is 0 Å². The molecule has 7 nitrogen and oxygen atoms in total. The van der Waals surface area contributed by atoms with Gasteiger partial charge in [-0.1, -0.05) is 54.6 Å². The Morgan fingerprint density at radius 1 is 0.941 bits per heavy atom. The summed E-state index contributed by atoms with van der Waals surface area (Å²) in [7, 11) is 1.55. The SMILES string of the molecule is COc1ccc(C(=O)NC2=N/C(=C(\C#N)C(=O)NCCc3ccccc3)c3ccccc32)cc1. The van der Waals surface area contributed by atoms with Gasteiger partial charge in [0.1, 0.15) is 23.2 Å². The van der Waals surface area contributed by atoms with Gasteiger partial charge in [-0.25, -0.2) is 4.99 Å². The Balaban J connectivity index is 1.56. The second-order valence-electron chi connectivity index (χ2n) is 7.52. The minimum absolute atomic E-state index is 0.103. The van der Waals surface area contributed by atoms with Crippen molar-refractivity contribution in [2.45, 2.75) is 6.42 Å². The first-order chi connectivity index (χ1) is 16.6. The lowest BCUT2D eigenvalue weighted by molar-refractivity contribution is -0.117. The van der Waals surface area contributed by atoms with Crippen LogP contribution in [0, 0.1) is 11.3 Å². The highest BCUT2D eigenvalue weighted by Gasteiger charge is 2.27. The second kappa shape index (κ2) is 10.3. The van der Waals surface area contributed by atoms with Crippen molar-refractivity contribution >= 4 is 23.3 Å². The summed E-state index contributed by atoms with van der Waals surface area (Å²) in [5, 5.41) is 15.3. The number of aliphatic imine (C=N–C) groups is 1. The van der Waals surface area contributed by atoms with Crippen LogP contribution in [0.25, 0.3) is 5.70 Å². The highest BCUT2D eigenvalue weighted by molar-refractivity contribution is 6.20. The minimum atomic E-state index is -0.505. The summed E-state index contributed by atoms with van der Waals surface area (Å²) in [4.78, 5) is 30.1. The monoisotopic (exact) mass is 450 g/mol. The van der Waals surface area contributed by atoms with Crippen molar-refractivity contribution in [2.75, 3.05) is 13.7 Å². The predicted octanol–water partition coefficient (Wildman–Crippen LogP) is 3.48. The third kappa shape index (κ3) is 4.87. The molecule has 0 aliphatic carbocycles. The highest BCUT2D eigenvalue weighted by Crippen LogP contribution is 2.30. The maximum Gasteiger partial charge on any atom is 0.264 e. The average Bonchev–Trinajstić information content (AvgIpc) is 3.23. The Labute approximate surface area is 197 Å². The lowest BCUT2D eigenvalue weighted by atomic mass is 10.0. The van der Waals surface area contributed by atoms with E-state index in [0.29, 0.717) is 35.4 Å². The number of ether oxygens (including phenoxy) is 1. The Bertz CT molecular complexity index is 1320. The maximum atomic E-state index is 12.8. The number of hydrogen-bond acceptors (Lipinski definition) is 5. The van der Waals surface area contributed by atoms with Gasteiger partial charge in [-0.15, -0.1) is 0 Å². The molecule has 0 spiro atoms. The molecule has 3 aromatic rings. The normalized spacial score (nSPS) is 13.2. The molecule has 0 unspecified atom stereocenters. The van der Waals surface area contributed by atoms with Crippen LogP contribution >= 0.6 is 0 Å². The Hall–Kier alpha value is -4.70. The summed E-state index contributed by atoms with van der Waals surface area (Å²) in [5.41, 5.74) is 2.90. The van der Waals surface area contributed by atoms with Crippen LogP contribution in [-0.4, -0.2) is 31.3 Å². The van der Waals surface area contributed by atoms with Crippen LogP contribution < -0.4 is 15.4 Å². The molecule has 168 valence electrons. The van der Waals surface area contributed by atoms with Gasteiger partial charge >= 0.3 is 0 Å². The maximum absolute atomic E-state index is 12.8. The van der Waals surface area contributed by atoms with Gasteiger partial charge in [0.2, 0.25) is 0 Å². The summed E-state index contributed by atoms with van der Waals surface area (Å²) < 4.78 is 5.13. The Morgan fingerprint density at radius 3 is 2.29 bits per heavy atom. The highest BCUT2D eigenvalue weighted by atomic mass is 16.5. The number of carbonyl (C=O) groups excluding carboxylic acids is 2. The molecule has 7 heteroatoms. The molecule has 1 heterocycles. The van der Waals surface area contributed by atoms with Crippen molar-refractivity contribution in [3.8, 4) is 11.8 Å².